The Bertz CT molecular complexity index is 383. The molecule has 0 aromatic rings. The van der Waals surface area contributed by atoms with Crippen molar-refractivity contribution in [2.75, 3.05) is 6.54 Å². The Morgan fingerprint density at radius 3 is 2.47 bits per heavy atom. The standard InChI is InChI=1S/C12H15NO4/c1-8-7-9(17-12(8)16)3-2-6-13-10(14)4-5-11(13)15/h7,9H,2-6H2,1H3/t9-/m1/s1. The molecule has 92 valence electrons. The molecule has 0 radical (unpaired) electrons. The number of imide groups is 1. The van der Waals surface area contributed by atoms with Crippen LogP contribution in [0.1, 0.15) is 32.6 Å². The summed E-state index contributed by atoms with van der Waals surface area (Å²) in [5.74, 6) is -0.460. The van der Waals surface area contributed by atoms with E-state index in [1.165, 1.54) is 4.90 Å². The van der Waals surface area contributed by atoms with E-state index in [0.717, 1.165) is 0 Å². The zero-order chi connectivity index (χ0) is 12.4. The van der Waals surface area contributed by atoms with E-state index in [1.807, 2.05) is 0 Å². The van der Waals surface area contributed by atoms with Gasteiger partial charge >= 0.3 is 5.97 Å². The highest BCUT2D eigenvalue weighted by molar-refractivity contribution is 6.01. The molecule has 17 heavy (non-hydrogen) atoms. The quantitative estimate of drug-likeness (QED) is 0.535. The molecule has 2 aliphatic rings. The van der Waals surface area contributed by atoms with Crippen LogP contribution in [0.5, 0.6) is 0 Å². The summed E-state index contributed by atoms with van der Waals surface area (Å²) in [6, 6.07) is 0. The fraction of sp³-hybridized carbons (Fsp3) is 0.583. The molecule has 0 aromatic heterocycles. The highest BCUT2D eigenvalue weighted by atomic mass is 16.5. The van der Waals surface area contributed by atoms with E-state index in [9.17, 15) is 14.4 Å². The maximum absolute atomic E-state index is 11.3. The first-order valence-corrected chi connectivity index (χ1v) is 5.80. The Morgan fingerprint density at radius 2 is 1.94 bits per heavy atom. The zero-order valence-corrected chi connectivity index (χ0v) is 9.77. The van der Waals surface area contributed by atoms with Gasteiger partial charge in [0.2, 0.25) is 11.8 Å². The van der Waals surface area contributed by atoms with Gasteiger partial charge in [0.25, 0.3) is 0 Å². The van der Waals surface area contributed by atoms with Crippen LogP contribution in [0.25, 0.3) is 0 Å². The minimum Gasteiger partial charge on any atom is -0.455 e. The van der Waals surface area contributed by atoms with E-state index in [-0.39, 0.29) is 23.9 Å². The van der Waals surface area contributed by atoms with Crippen molar-refractivity contribution in [2.24, 2.45) is 0 Å². The predicted octanol–water partition coefficient (Wildman–Crippen LogP) is 0.787. The summed E-state index contributed by atoms with van der Waals surface area (Å²) in [5.41, 5.74) is 0.628. The number of amides is 2. The van der Waals surface area contributed by atoms with Crippen molar-refractivity contribution < 1.29 is 19.1 Å². The zero-order valence-electron chi connectivity index (χ0n) is 9.77. The molecule has 2 rings (SSSR count). The third-order valence-electron chi connectivity index (χ3n) is 3.04. The molecular weight excluding hydrogens is 222 g/mol. The van der Waals surface area contributed by atoms with Gasteiger partial charge in [0.15, 0.2) is 0 Å². The number of cyclic esters (lactones) is 1. The van der Waals surface area contributed by atoms with Crippen molar-refractivity contribution in [1.29, 1.82) is 0 Å². The molecular formula is C12H15NO4. The first kappa shape index (κ1) is 11.8. The highest BCUT2D eigenvalue weighted by Crippen LogP contribution is 2.18. The number of ether oxygens (including phenoxy) is 1. The average Bonchev–Trinajstić information content (AvgIpc) is 2.75. The van der Waals surface area contributed by atoms with Crippen LogP contribution in [0.15, 0.2) is 11.6 Å². The van der Waals surface area contributed by atoms with Crippen molar-refractivity contribution in [3.63, 3.8) is 0 Å². The molecule has 2 amide bonds. The third kappa shape index (κ3) is 2.54. The fourth-order valence-corrected chi connectivity index (χ4v) is 2.08. The SMILES string of the molecule is CC1=C[C@@H](CCCN2C(=O)CCC2=O)OC1=O. The number of likely N-dealkylation sites (tertiary alicyclic amines) is 1. The van der Waals surface area contributed by atoms with Crippen LogP contribution in [0, 0.1) is 0 Å². The lowest BCUT2D eigenvalue weighted by Gasteiger charge is -2.14. The van der Waals surface area contributed by atoms with E-state index < -0.39 is 0 Å². The van der Waals surface area contributed by atoms with E-state index in [2.05, 4.69) is 0 Å². The molecule has 0 unspecified atom stereocenters. The lowest BCUT2D eigenvalue weighted by molar-refractivity contribution is -0.141. The number of hydrogen-bond acceptors (Lipinski definition) is 4. The summed E-state index contributed by atoms with van der Waals surface area (Å²) in [6.45, 7) is 2.15. The van der Waals surface area contributed by atoms with Gasteiger partial charge in [0.05, 0.1) is 0 Å². The van der Waals surface area contributed by atoms with Crippen molar-refractivity contribution in [1.82, 2.24) is 4.90 Å². The molecule has 2 heterocycles. The van der Waals surface area contributed by atoms with Crippen LogP contribution in [0.4, 0.5) is 0 Å². The van der Waals surface area contributed by atoms with Crippen LogP contribution in [-0.2, 0) is 19.1 Å². The molecule has 5 heteroatoms. The molecule has 0 N–H and O–H groups in total. The van der Waals surface area contributed by atoms with Gasteiger partial charge in [-0.1, -0.05) is 0 Å². The second-order valence-electron chi connectivity index (χ2n) is 4.37. The second-order valence-corrected chi connectivity index (χ2v) is 4.37. The van der Waals surface area contributed by atoms with Crippen LogP contribution in [-0.4, -0.2) is 35.3 Å². The maximum atomic E-state index is 11.3. The lowest BCUT2D eigenvalue weighted by Crippen LogP contribution is -2.30. The number of hydrogen-bond donors (Lipinski definition) is 0. The van der Waals surface area contributed by atoms with E-state index in [0.29, 0.717) is 37.8 Å². The minimum atomic E-state index is -0.275. The smallest absolute Gasteiger partial charge is 0.334 e. The molecule has 2 aliphatic heterocycles. The molecule has 0 aromatic carbocycles. The molecule has 1 saturated heterocycles. The topological polar surface area (TPSA) is 63.7 Å². The second kappa shape index (κ2) is 4.69. The van der Waals surface area contributed by atoms with Crippen molar-refractivity contribution in [2.45, 2.75) is 38.7 Å². The summed E-state index contributed by atoms with van der Waals surface area (Å²) in [4.78, 5) is 35.0. The lowest BCUT2D eigenvalue weighted by atomic mass is 10.1. The van der Waals surface area contributed by atoms with Crippen LogP contribution >= 0.6 is 0 Å². The highest BCUT2D eigenvalue weighted by Gasteiger charge is 2.29. The molecule has 0 aliphatic carbocycles. The Balaban J connectivity index is 1.75. The molecule has 1 fully saturated rings. The number of carbonyl (C=O) groups is 3. The Morgan fingerprint density at radius 1 is 1.29 bits per heavy atom. The Labute approximate surface area is 99.4 Å². The van der Waals surface area contributed by atoms with E-state index in [1.54, 1.807) is 13.0 Å². The summed E-state index contributed by atoms with van der Waals surface area (Å²) in [5, 5.41) is 0. The van der Waals surface area contributed by atoms with Gasteiger partial charge in [-0.15, -0.1) is 0 Å². The number of esters is 1. The van der Waals surface area contributed by atoms with Gasteiger partial charge < -0.3 is 4.74 Å². The Hall–Kier alpha value is -1.65. The van der Waals surface area contributed by atoms with Gasteiger partial charge in [-0.05, 0) is 25.8 Å². The minimum absolute atomic E-state index is 0.0925. The number of carbonyl (C=O) groups excluding carboxylic acids is 3. The van der Waals surface area contributed by atoms with Gasteiger partial charge in [-0.25, -0.2) is 4.79 Å². The largest absolute Gasteiger partial charge is 0.455 e. The summed E-state index contributed by atoms with van der Waals surface area (Å²) < 4.78 is 5.07. The van der Waals surface area contributed by atoms with Crippen LogP contribution in [0.2, 0.25) is 0 Å². The monoisotopic (exact) mass is 237 g/mol. The fourth-order valence-electron chi connectivity index (χ4n) is 2.08. The van der Waals surface area contributed by atoms with Gasteiger partial charge in [0, 0.05) is 25.0 Å². The normalized spacial score (nSPS) is 24.3. The third-order valence-corrected chi connectivity index (χ3v) is 3.04. The van der Waals surface area contributed by atoms with Gasteiger partial charge in [-0.2, -0.15) is 0 Å². The molecule has 0 spiro atoms. The van der Waals surface area contributed by atoms with Crippen molar-refractivity contribution in [3.05, 3.63) is 11.6 Å². The van der Waals surface area contributed by atoms with Crippen molar-refractivity contribution >= 4 is 17.8 Å². The molecule has 0 saturated carbocycles. The first-order chi connectivity index (χ1) is 8.08. The van der Waals surface area contributed by atoms with E-state index in [4.69, 9.17) is 4.74 Å². The molecule has 1 atom stereocenters. The summed E-state index contributed by atoms with van der Waals surface area (Å²) in [6.07, 6.45) is 3.57. The first-order valence-electron chi connectivity index (χ1n) is 5.80. The van der Waals surface area contributed by atoms with E-state index >= 15 is 0 Å². The van der Waals surface area contributed by atoms with Crippen molar-refractivity contribution in [3.8, 4) is 0 Å². The predicted molar refractivity (Wildman–Crippen MR) is 58.8 cm³/mol. The van der Waals surface area contributed by atoms with Crippen LogP contribution < -0.4 is 0 Å². The Kier molecular flexibility index (Phi) is 3.26. The number of rotatable bonds is 4. The van der Waals surface area contributed by atoms with Crippen LogP contribution in [0.3, 0.4) is 0 Å². The molecule has 0 bridgehead atoms. The van der Waals surface area contributed by atoms with Gasteiger partial charge in [-0.3, -0.25) is 14.5 Å². The number of nitrogens with zero attached hydrogens (tertiary/aromatic N) is 1. The average molecular weight is 237 g/mol. The maximum Gasteiger partial charge on any atom is 0.334 e. The molecule has 5 nitrogen and oxygen atoms in total. The summed E-state index contributed by atoms with van der Waals surface area (Å²) >= 11 is 0. The van der Waals surface area contributed by atoms with Gasteiger partial charge in [0.1, 0.15) is 6.10 Å². The summed E-state index contributed by atoms with van der Waals surface area (Å²) in [7, 11) is 0.